The summed E-state index contributed by atoms with van der Waals surface area (Å²) in [6.45, 7) is 4.62. The summed E-state index contributed by atoms with van der Waals surface area (Å²) in [6, 6.07) is 0. The lowest BCUT2D eigenvalue weighted by molar-refractivity contribution is -0.161. The fourth-order valence-corrected chi connectivity index (χ4v) is 12.2. The summed E-state index contributed by atoms with van der Waals surface area (Å²) < 4.78 is 68.6. The van der Waals surface area contributed by atoms with Crippen LogP contribution in [-0.4, -0.2) is 96.7 Å². The molecule has 0 amide bonds. The van der Waals surface area contributed by atoms with Crippen molar-refractivity contribution >= 4 is 39.5 Å². The maximum atomic E-state index is 13.1. The molecule has 0 heterocycles. The number of allylic oxidation sites excluding steroid dienone is 18. The van der Waals surface area contributed by atoms with Gasteiger partial charge in [-0.05, 0) is 128 Å². The van der Waals surface area contributed by atoms with Gasteiger partial charge in [0, 0.05) is 25.7 Å². The predicted octanol–water partition coefficient (Wildman–Crippen LogP) is 23.3. The first-order valence-corrected chi connectivity index (χ1v) is 43.1. The highest BCUT2D eigenvalue weighted by Crippen LogP contribution is 2.45. The van der Waals surface area contributed by atoms with E-state index in [4.69, 9.17) is 37.0 Å². The van der Waals surface area contributed by atoms with E-state index in [1.54, 1.807) is 0 Å². The Morgan fingerprint density at radius 3 is 0.794 bits per heavy atom. The molecule has 0 aliphatic heterocycles. The number of unbranched alkanes of at least 4 members (excludes halogenated alkanes) is 31. The van der Waals surface area contributed by atoms with Crippen LogP contribution < -0.4 is 0 Å². The molecule has 0 saturated heterocycles. The number of ether oxygens (including phenoxy) is 4. The largest absolute Gasteiger partial charge is 0.472 e. The summed E-state index contributed by atoms with van der Waals surface area (Å²) in [5, 5.41) is 10.6. The molecular weight excluding hydrogens is 1330 g/mol. The molecule has 0 saturated carbocycles. The second-order valence-corrected chi connectivity index (χ2v) is 29.5. The van der Waals surface area contributed by atoms with E-state index in [2.05, 4.69) is 137 Å². The van der Waals surface area contributed by atoms with Crippen molar-refractivity contribution in [3.8, 4) is 0 Å². The summed E-state index contributed by atoms with van der Waals surface area (Å²) in [6.07, 6.45) is 80.6. The molecule has 5 atom stereocenters. The highest BCUT2D eigenvalue weighted by molar-refractivity contribution is 7.47. The number of rotatable bonds is 75. The molecular formula is C83H144O17P2. The maximum Gasteiger partial charge on any atom is 0.472 e. The predicted molar refractivity (Wildman–Crippen MR) is 418 cm³/mol. The van der Waals surface area contributed by atoms with E-state index >= 15 is 0 Å². The van der Waals surface area contributed by atoms with Crippen LogP contribution in [0, 0.1) is 0 Å². The van der Waals surface area contributed by atoms with Crippen molar-refractivity contribution in [3.63, 3.8) is 0 Å². The average molecular weight is 1480 g/mol. The molecule has 5 unspecified atom stereocenters. The highest BCUT2D eigenvalue weighted by Gasteiger charge is 2.30. The smallest absolute Gasteiger partial charge is 0.462 e. The molecule has 0 aromatic carbocycles. The van der Waals surface area contributed by atoms with E-state index in [1.807, 2.05) is 0 Å². The number of phosphoric ester groups is 2. The molecule has 0 radical (unpaired) electrons. The Balaban J connectivity index is 5.40. The molecule has 0 bridgehead atoms. The van der Waals surface area contributed by atoms with Crippen molar-refractivity contribution in [2.75, 3.05) is 39.6 Å². The van der Waals surface area contributed by atoms with Crippen molar-refractivity contribution in [3.05, 3.63) is 109 Å². The van der Waals surface area contributed by atoms with E-state index in [0.29, 0.717) is 25.7 Å². The fourth-order valence-electron chi connectivity index (χ4n) is 10.7. The Hall–Kier alpha value is -4.28. The number of aliphatic hydroxyl groups excluding tert-OH is 1. The lowest BCUT2D eigenvalue weighted by Crippen LogP contribution is -2.30. The van der Waals surface area contributed by atoms with Crippen molar-refractivity contribution in [1.29, 1.82) is 0 Å². The zero-order chi connectivity index (χ0) is 74.6. The molecule has 0 fully saturated rings. The summed E-state index contributed by atoms with van der Waals surface area (Å²) in [5.41, 5.74) is 0. The van der Waals surface area contributed by atoms with Crippen molar-refractivity contribution in [2.45, 2.75) is 354 Å². The molecule has 0 aliphatic rings. The van der Waals surface area contributed by atoms with Crippen LogP contribution in [0.2, 0.25) is 0 Å². The minimum atomic E-state index is -4.99. The molecule has 0 aromatic rings. The van der Waals surface area contributed by atoms with Gasteiger partial charge < -0.3 is 33.8 Å². The molecule has 0 rings (SSSR count). The van der Waals surface area contributed by atoms with Crippen LogP contribution in [0.15, 0.2) is 109 Å². The normalized spacial score (nSPS) is 14.5. The first kappa shape index (κ1) is 97.7. The second-order valence-electron chi connectivity index (χ2n) is 26.6. The van der Waals surface area contributed by atoms with Gasteiger partial charge in [-0.25, -0.2) is 9.13 Å². The summed E-state index contributed by atoms with van der Waals surface area (Å²) >= 11 is 0. The maximum absolute atomic E-state index is 13.1. The minimum absolute atomic E-state index is 0.0598. The van der Waals surface area contributed by atoms with Crippen LogP contribution in [0.3, 0.4) is 0 Å². The lowest BCUT2D eigenvalue weighted by atomic mass is 10.0. The summed E-state index contributed by atoms with van der Waals surface area (Å²) in [5.74, 6) is -2.22. The first-order chi connectivity index (χ1) is 49.7. The lowest BCUT2D eigenvalue weighted by Gasteiger charge is -2.21. The Morgan fingerprint density at radius 2 is 0.510 bits per heavy atom. The van der Waals surface area contributed by atoms with E-state index in [9.17, 15) is 43.2 Å². The number of carbonyl (C=O) groups is 4. The number of aliphatic hydroxyl groups is 1. The second kappa shape index (κ2) is 75.0. The van der Waals surface area contributed by atoms with Crippen LogP contribution in [0.4, 0.5) is 0 Å². The average Bonchev–Trinajstić information content (AvgIpc) is 0.959. The van der Waals surface area contributed by atoms with E-state index < -0.39 is 97.5 Å². The summed E-state index contributed by atoms with van der Waals surface area (Å²) in [4.78, 5) is 73.0. The number of hydrogen-bond acceptors (Lipinski definition) is 15. The zero-order valence-corrected chi connectivity index (χ0v) is 66.0. The Morgan fingerprint density at radius 1 is 0.284 bits per heavy atom. The van der Waals surface area contributed by atoms with Gasteiger partial charge in [0.05, 0.1) is 26.4 Å². The molecule has 0 spiro atoms. The third-order valence-electron chi connectivity index (χ3n) is 16.7. The topological polar surface area (TPSA) is 237 Å². The van der Waals surface area contributed by atoms with Crippen molar-refractivity contribution in [2.24, 2.45) is 0 Å². The van der Waals surface area contributed by atoms with Crippen LogP contribution in [-0.2, 0) is 65.4 Å². The molecule has 3 N–H and O–H groups in total. The van der Waals surface area contributed by atoms with E-state index in [1.165, 1.54) is 89.9 Å². The Labute approximate surface area is 619 Å². The number of hydrogen-bond donors (Lipinski definition) is 3. The molecule has 0 aliphatic carbocycles. The van der Waals surface area contributed by atoms with Gasteiger partial charge in [-0.3, -0.25) is 37.3 Å². The third kappa shape index (κ3) is 74.0. The van der Waals surface area contributed by atoms with Gasteiger partial charge in [-0.2, -0.15) is 0 Å². The van der Waals surface area contributed by atoms with Gasteiger partial charge in [0.1, 0.15) is 19.3 Å². The van der Waals surface area contributed by atoms with Crippen LogP contribution in [0.25, 0.3) is 0 Å². The minimum Gasteiger partial charge on any atom is -0.462 e. The Kier molecular flexibility index (Phi) is 71.8. The first-order valence-electron chi connectivity index (χ1n) is 40.1. The highest BCUT2D eigenvalue weighted by atomic mass is 31.2. The number of carbonyl (C=O) groups excluding carboxylic acids is 4. The van der Waals surface area contributed by atoms with Gasteiger partial charge in [0.15, 0.2) is 12.2 Å². The van der Waals surface area contributed by atoms with Crippen molar-refractivity contribution in [1.82, 2.24) is 0 Å². The third-order valence-corrected chi connectivity index (χ3v) is 18.6. The number of phosphoric acid groups is 2. The summed E-state index contributed by atoms with van der Waals surface area (Å²) in [7, 11) is -9.97. The molecule has 19 heteroatoms. The van der Waals surface area contributed by atoms with Gasteiger partial charge >= 0.3 is 39.5 Å². The van der Waals surface area contributed by atoms with Gasteiger partial charge in [0.25, 0.3) is 0 Å². The van der Waals surface area contributed by atoms with Gasteiger partial charge in [0.2, 0.25) is 0 Å². The molecule has 0 aromatic heterocycles. The zero-order valence-electron chi connectivity index (χ0n) is 64.3. The van der Waals surface area contributed by atoms with Crippen LogP contribution in [0.1, 0.15) is 336 Å². The van der Waals surface area contributed by atoms with Crippen LogP contribution in [0.5, 0.6) is 0 Å². The Bertz CT molecular complexity index is 2360. The van der Waals surface area contributed by atoms with Crippen molar-refractivity contribution < 1.29 is 80.2 Å². The van der Waals surface area contributed by atoms with E-state index in [-0.39, 0.29) is 25.7 Å². The van der Waals surface area contributed by atoms with E-state index in [0.717, 1.165) is 167 Å². The van der Waals surface area contributed by atoms with Gasteiger partial charge in [-0.1, -0.05) is 291 Å². The fraction of sp³-hybridized carbons (Fsp3) is 0.735. The monoisotopic (exact) mass is 1470 g/mol. The standard InChI is InChI=1S/C83H144O17P2/c1-5-9-13-17-21-25-29-33-36-38-41-45-48-52-56-60-64-68-81(86)94-74-79(100-83(88)70-66-62-58-54-50-46-42-39-37-34-30-26-22-18-14-10-6-2)76-98-102(91,92)96-72-77(84)71-95-101(89,90)97-75-78(99-82(87)69-65-61-57-53-49-43-32-28-24-20-16-12-8-4)73-93-80(85)67-63-59-55-51-47-44-40-35-31-27-23-19-15-11-7-3/h9-10,13-14,21-22,25-26,33-37,40-42,45-46,77-79,84H,5-8,11-12,15-20,23-24,27-32,38-39,43-44,47-76H2,1-4H3,(H,89,90)(H,91,92)/b13-9-,14-10-,25-21-,26-22-,36-33-,37-34-,40-35-,45-41-,46-42-. The molecule has 588 valence electrons. The SMILES string of the molecule is CC/C=C\C/C=C\C/C=C\C/C=C\CCCCCCC(=O)OCC(COP(=O)(O)OCC(O)COP(=O)(O)OCC(COC(=O)CCCCCCC/C=C\CCCCCCCC)OC(=O)CCCCCCCCCCCCCCC)OC(=O)CCCCCC/C=C\C/C=C\C/C=C\C/C=C\CC. The molecule has 102 heavy (non-hydrogen) atoms. The van der Waals surface area contributed by atoms with Gasteiger partial charge in [-0.15, -0.1) is 0 Å². The molecule has 17 nitrogen and oxygen atoms in total. The quantitative estimate of drug-likeness (QED) is 0.0169. The van der Waals surface area contributed by atoms with Crippen LogP contribution >= 0.6 is 15.6 Å². The number of esters is 4.